The van der Waals surface area contributed by atoms with E-state index in [9.17, 15) is 4.79 Å². The van der Waals surface area contributed by atoms with Gasteiger partial charge in [-0.2, -0.15) is 9.61 Å². The molecule has 2 fully saturated rings. The minimum atomic E-state index is 0. The topological polar surface area (TPSA) is 71.3 Å². The van der Waals surface area contributed by atoms with Crippen LogP contribution in [0.5, 0.6) is 0 Å². The van der Waals surface area contributed by atoms with Crippen LogP contribution < -0.4 is 10.6 Å². The molecule has 1 unspecified atom stereocenters. The van der Waals surface area contributed by atoms with Gasteiger partial charge in [-0.15, -0.1) is 12.4 Å². The molecule has 112 valence electrons. The summed E-state index contributed by atoms with van der Waals surface area (Å²) in [4.78, 5) is 16.6. The van der Waals surface area contributed by atoms with Crippen molar-refractivity contribution in [1.82, 2.24) is 19.9 Å². The standard InChI is InChI=1S/C14H17N5O.ClH/c20-13(10-9-14(10)3-7-15-8-4-14)18-12-1-5-16-11-2-6-17-19(11)12;/h1-2,5-6,10,15H,3-4,7-9H2,(H,18,20);1H. The van der Waals surface area contributed by atoms with E-state index in [0.29, 0.717) is 5.82 Å². The van der Waals surface area contributed by atoms with Crippen LogP contribution in [-0.4, -0.2) is 33.6 Å². The average molecular weight is 308 g/mol. The van der Waals surface area contributed by atoms with Crippen molar-refractivity contribution >= 4 is 29.8 Å². The Balaban J connectivity index is 0.00000132. The smallest absolute Gasteiger partial charge is 0.229 e. The summed E-state index contributed by atoms with van der Waals surface area (Å²) in [6.45, 7) is 2.06. The largest absolute Gasteiger partial charge is 0.317 e. The molecule has 2 aliphatic rings. The Kier molecular flexibility index (Phi) is 3.59. The second-order valence-electron chi connectivity index (χ2n) is 5.79. The minimum Gasteiger partial charge on any atom is -0.317 e. The zero-order chi connectivity index (χ0) is 13.6. The van der Waals surface area contributed by atoms with Crippen LogP contribution in [0.3, 0.4) is 0 Å². The van der Waals surface area contributed by atoms with Crippen molar-refractivity contribution in [3.05, 3.63) is 24.5 Å². The first-order valence-electron chi connectivity index (χ1n) is 7.09. The van der Waals surface area contributed by atoms with Gasteiger partial charge in [-0.25, -0.2) is 4.98 Å². The van der Waals surface area contributed by atoms with Crippen LogP contribution in [0.15, 0.2) is 24.5 Å². The molecule has 2 aromatic rings. The van der Waals surface area contributed by atoms with Crippen LogP contribution in [0.4, 0.5) is 5.82 Å². The minimum absolute atomic E-state index is 0. The molecule has 7 heteroatoms. The SMILES string of the molecule is Cl.O=C(Nc1ccnc2ccnn12)C1CC12CCNCC2. The summed E-state index contributed by atoms with van der Waals surface area (Å²) in [5.74, 6) is 0.972. The number of fused-ring (bicyclic) bond motifs is 1. The molecule has 3 heterocycles. The average Bonchev–Trinajstić information content (AvgIpc) is 2.95. The van der Waals surface area contributed by atoms with E-state index in [1.807, 2.05) is 6.07 Å². The van der Waals surface area contributed by atoms with Gasteiger partial charge in [0.2, 0.25) is 5.91 Å². The highest BCUT2D eigenvalue weighted by atomic mass is 35.5. The van der Waals surface area contributed by atoms with E-state index in [-0.39, 0.29) is 29.6 Å². The lowest BCUT2D eigenvalue weighted by molar-refractivity contribution is -0.118. The highest BCUT2D eigenvalue weighted by Gasteiger charge is 2.57. The number of anilines is 1. The van der Waals surface area contributed by atoms with Crippen molar-refractivity contribution in [2.24, 2.45) is 11.3 Å². The maximum atomic E-state index is 12.4. The maximum absolute atomic E-state index is 12.4. The first-order chi connectivity index (χ1) is 9.78. The Bertz CT molecular complexity index is 664. The molecule has 2 aromatic heterocycles. The molecular weight excluding hydrogens is 290 g/mol. The number of piperidine rings is 1. The summed E-state index contributed by atoms with van der Waals surface area (Å²) in [6.07, 6.45) is 6.62. The van der Waals surface area contributed by atoms with Crippen molar-refractivity contribution in [3.8, 4) is 0 Å². The van der Waals surface area contributed by atoms with Crippen LogP contribution >= 0.6 is 12.4 Å². The lowest BCUT2D eigenvalue weighted by Crippen LogP contribution is -2.31. The van der Waals surface area contributed by atoms with Crippen molar-refractivity contribution in [2.75, 3.05) is 18.4 Å². The molecule has 0 bridgehead atoms. The molecule has 1 saturated heterocycles. The number of hydrogen-bond acceptors (Lipinski definition) is 4. The second kappa shape index (κ2) is 5.27. The molecule has 4 rings (SSSR count). The lowest BCUT2D eigenvalue weighted by Gasteiger charge is -2.23. The van der Waals surface area contributed by atoms with E-state index in [2.05, 4.69) is 20.7 Å². The second-order valence-corrected chi connectivity index (χ2v) is 5.79. The van der Waals surface area contributed by atoms with E-state index in [4.69, 9.17) is 0 Å². The van der Waals surface area contributed by atoms with Crippen LogP contribution in [0.25, 0.3) is 5.65 Å². The number of aromatic nitrogens is 3. The summed E-state index contributed by atoms with van der Waals surface area (Å²) in [6, 6.07) is 3.61. The molecule has 1 atom stereocenters. The fraction of sp³-hybridized carbons (Fsp3) is 0.500. The van der Waals surface area contributed by atoms with Crippen molar-refractivity contribution in [3.63, 3.8) is 0 Å². The van der Waals surface area contributed by atoms with Gasteiger partial charge in [-0.05, 0) is 43.8 Å². The molecule has 1 aliphatic heterocycles. The van der Waals surface area contributed by atoms with Crippen molar-refractivity contribution in [1.29, 1.82) is 0 Å². The number of carbonyl (C=O) groups is 1. The summed E-state index contributed by atoms with van der Waals surface area (Å²) in [5, 5.41) is 10.5. The van der Waals surface area contributed by atoms with Gasteiger partial charge in [0.15, 0.2) is 5.65 Å². The van der Waals surface area contributed by atoms with Crippen molar-refractivity contribution in [2.45, 2.75) is 19.3 Å². The summed E-state index contributed by atoms with van der Waals surface area (Å²) >= 11 is 0. The number of amides is 1. The molecule has 2 N–H and O–H groups in total. The maximum Gasteiger partial charge on any atom is 0.229 e. The number of carbonyl (C=O) groups excluding carboxylic acids is 1. The fourth-order valence-corrected chi connectivity index (χ4v) is 3.34. The Labute approximate surface area is 128 Å². The van der Waals surface area contributed by atoms with Crippen LogP contribution in [0.2, 0.25) is 0 Å². The molecule has 1 saturated carbocycles. The lowest BCUT2D eigenvalue weighted by atomic mass is 9.92. The van der Waals surface area contributed by atoms with Gasteiger partial charge >= 0.3 is 0 Å². The molecule has 0 aromatic carbocycles. The number of halogens is 1. The third-order valence-corrected chi connectivity index (χ3v) is 4.65. The first-order valence-corrected chi connectivity index (χ1v) is 7.09. The molecule has 1 amide bonds. The highest BCUT2D eigenvalue weighted by molar-refractivity contribution is 5.94. The van der Waals surface area contributed by atoms with Gasteiger partial charge in [-0.3, -0.25) is 4.79 Å². The normalized spacial score (nSPS) is 22.8. The zero-order valence-corrected chi connectivity index (χ0v) is 12.4. The summed E-state index contributed by atoms with van der Waals surface area (Å²) in [7, 11) is 0. The number of nitrogens with zero attached hydrogens (tertiary/aromatic N) is 3. The first kappa shape index (κ1) is 14.3. The van der Waals surface area contributed by atoms with E-state index in [1.54, 1.807) is 23.0 Å². The summed E-state index contributed by atoms with van der Waals surface area (Å²) < 4.78 is 1.66. The molecular formula is C14H18ClN5O. The van der Waals surface area contributed by atoms with Gasteiger partial charge in [0, 0.05) is 18.2 Å². The van der Waals surface area contributed by atoms with Gasteiger partial charge in [0.05, 0.1) is 6.20 Å². The molecule has 0 radical (unpaired) electrons. The van der Waals surface area contributed by atoms with E-state index < -0.39 is 0 Å². The monoisotopic (exact) mass is 307 g/mol. The quantitative estimate of drug-likeness (QED) is 0.881. The molecule has 6 nitrogen and oxygen atoms in total. The third kappa shape index (κ3) is 2.38. The van der Waals surface area contributed by atoms with Crippen LogP contribution in [0.1, 0.15) is 19.3 Å². The van der Waals surface area contributed by atoms with Gasteiger partial charge in [0.1, 0.15) is 5.82 Å². The van der Waals surface area contributed by atoms with Crippen LogP contribution in [-0.2, 0) is 4.79 Å². The molecule has 1 spiro atoms. The fourth-order valence-electron chi connectivity index (χ4n) is 3.34. The van der Waals surface area contributed by atoms with Crippen LogP contribution in [0, 0.1) is 11.3 Å². The van der Waals surface area contributed by atoms with Gasteiger partial charge < -0.3 is 10.6 Å². The number of rotatable bonds is 2. The summed E-state index contributed by atoms with van der Waals surface area (Å²) in [5.41, 5.74) is 1.00. The molecule has 21 heavy (non-hydrogen) atoms. The third-order valence-electron chi connectivity index (χ3n) is 4.65. The highest BCUT2D eigenvalue weighted by Crippen LogP contribution is 2.58. The van der Waals surface area contributed by atoms with E-state index in [0.717, 1.165) is 38.0 Å². The number of hydrogen-bond donors (Lipinski definition) is 2. The number of nitrogens with one attached hydrogen (secondary N) is 2. The zero-order valence-electron chi connectivity index (χ0n) is 11.6. The molecule has 1 aliphatic carbocycles. The Morgan fingerprint density at radius 2 is 2.14 bits per heavy atom. The Morgan fingerprint density at radius 3 is 2.95 bits per heavy atom. The van der Waals surface area contributed by atoms with Crippen molar-refractivity contribution < 1.29 is 4.79 Å². The van der Waals surface area contributed by atoms with Gasteiger partial charge in [0.25, 0.3) is 0 Å². The van der Waals surface area contributed by atoms with E-state index >= 15 is 0 Å². The Morgan fingerprint density at radius 1 is 1.33 bits per heavy atom. The predicted molar refractivity (Wildman–Crippen MR) is 81.5 cm³/mol. The van der Waals surface area contributed by atoms with E-state index in [1.165, 1.54) is 0 Å². The predicted octanol–water partition coefficient (Wildman–Crippen LogP) is 1.48. The van der Waals surface area contributed by atoms with Gasteiger partial charge in [-0.1, -0.05) is 0 Å². The Hall–Kier alpha value is -1.66.